The fraction of sp³-hybridized carbons (Fsp3) is 1.00. The van der Waals surface area contributed by atoms with Gasteiger partial charge in [0.15, 0.2) is 0 Å². The van der Waals surface area contributed by atoms with Gasteiger partial charge in [-0.2, -0.15) is 0 Å². The summed E-state index contributed by atoms with van der Waals surface area (Å²) in [5.41, 5.74) is 5.38. The minimum absolute atomic E-state index is 0.145. The van der Waals surface area contributed by atoms with Gasteiger partial charge in [-0.05, 0) is 5.92 Å². The van der Waals surface area contributed by atoms with Gasteiger partial charge in [0.2, 0.25) is 0 Å². The number of nitrogens with two attached hydrogens (primary N) is 1. The molecule has 86 valence electrons. The van der Waals surface area contributed by atoms with E-state index in [4.69, 9.17) is 5.73 Å². The lowest BCUT2D eigenvalue weighted by molar-refractivity contribution is 0.0806. The van der Waals surface area contributed by atoms with Gasteiger partial charge in [-0.3, -0.25) is 4.90 Å². The third-order valence-electron chi connectivity index (χ3n) is 2.51. The molecular weight excluding hydrogens is 186 g/mol. The Kier molecular flexibility index (Phi) is 7.99. The van der Waals surface area contributed by atoms with Gasteiger partial charge >= 0.3 is 0 Å². The standard InChI is InChI=1S/C10H22F2N2/c1-3-9(4-2)7-14(6-5-13)8-10(11)12/h9-10H,3-8,13H2,1-2H3. The molecule has 0 atom stereocenters. The van der Waals surface area contributed by atoms with Crippen LogP contribution in [-0.2, 0) is 0 Å². The summed E-state index contributed by atoms with van der Waals surface area (Å²) in [6.07, 6.45) is -0.169. The molecule has 2 nitrogen and oxygen atoms in total. The predicted molar refractivity (Wildman–Crippen MR) is 55.6 cm³/mol. The van der Waals surface area contributed by atoms with Crippen molar-refractivity contribution in [2.24, 2.45) is 11.7 Å². The van der Waals surface area contributed by atoms with Crippen molar-refractivity contribution in [3.8, 4) is 0 Å². The first-order valence-corrected chi connectivity index (χ1v) is 5.34. The first-order valence-electron chi connectivity index (χ1n) is 5.34. The molecule has 0 aromatic heterocycles. The molecule has 0 fully saturated rings. The van der Waals surface area contributed by atoms with Crippen molar-refractivity contribution in [1.29, 1.82) is 0 Å². The topological polar surface area (TPSA) is 29.3 Å². The number of alkyl halides is 2. The summed E-state index contributed by atoms with van der Waals surface area (Å²) in [6.45, 7) is 5.81. The minimum atomic E-state index is -2.25. The highest BCUT2D eigenvalue weighted by molar-refractivity contribution is 4.65. The predicted octanol–water partition coefficient (Wildman–Crippen LogP) is 1.95. The van der Waals surface area contributed by atoms with Crippen molar-refractivity contribution in [2.45, 2.75) is 33.1 Å². The van der Waals surface area contributed by atoms with Crippen molar-refractivity contribution >= 4 is 0 Å². The normalized spacial score (nSPS) is 12.0. The Bertz CT molecular complexity index is 127. The molecule has 4 heteroatoms. The zero-order chi connectivity index (χ0) is 11.0. The molecule has 0 aromatic rings. The van der Waals surface area contributed by atoms with E-state index < -0.39 is 6.43 Å². The molecule has 2 N–H and O–H groups in total. The number of hydrogen-bond donors (Lipinski definition) is 1. The lowest BCUT2D eigenvalue weighted by Crippen LogP contribution is -2.37. The Labute approximate surface area is 85.5 Å². The van der Waals surface area contributed by atoms with Crippen LogP contribution in [0.5, 0.6) is 0 Å². The van der Waals surface area contributed by atoms with E-state index in [1.165, 1.54) is 0 Å². The molecule has 0 saturated heterocycles. The molecule has 0 amide bonds. The van der Waals surface area contributed by atoms with Gasteiger partial charge in [0.1, 0.15) is 0 Å². The number of halogens is 2. The van der Waals surface area contributed by atoms with Crippen LogP contribution >= 0.6 is 0 Å². The summed E-state index contributed by atoms with van der Waals surface area (Å²) >= 11 is 0. The Balaban J connectivity index is 3.92. The summed E-state index contributed by atoms with van der Waals surface area (Å²) < 4.78 is 24.4. The summed E-state index contributed by atoms with van der Waals surface area (Å²) in [4.78, 5) is 1.77. The van der Waals surface area contributed by atoms with Crippen molar-refractivity contribution in [3.63, 3.8) is 0 Å². The number of nitrogens with zero attached hydrogens (tertiary/aromatic N) is 1. The third-order valence-corrected chi connectivity index (χ3v) is 2.51. The molecule has 0 unspecified atom stereocenters. The van der Waals surface area contributed by atoms with Crippen LogP contribution in [-0.4, -0.2) is 37.5 Å². The summed E-state index contributed by atoms with van der Waals surface area (Å²) in [6, 6.07) is 0. The Morgan fingerprint density at radius 2 is 1.71 bits per heavy atom. The summed E-state index contributed by atoms with van der Waals surface area (Å²) in [5.74, 6) is 0.514. The molecule has 0 spiro atoms. The molecular formula is C10H22F2N2. The highest BCUT2D eigenvalue weighted by Crippen LogP contribution is 2.10. The van der Waals surface area contributed by atoms with Gasteiger partial charge in [-0.15, -0.1) is 0 Å². The first-order chi connectivity index (χ1) is 6.63. The Hall–Kier alpha value is -0.220. The van der Waals surface area contributed by atoms with Crippen LogP contribution < -0.4 is 5.73 Å². The van der Waals surface area contributed by atoms with Crippen LogP contribution in [0.2, 0.25) is 0 Å². The molecule has 0 heterocycles. The molecule has 0 bridgehead atoms. The smallest absolute Gasteiger partial charge is 0.251 e. The second-order valence-corrected chi connectivity index (χ2v) is 3.62. The second-order valence-electron chi connectivity index (χ2n) is 3.62. The van der Waals surface area contributed by atoms with Gasteiger partial charge in [0.25, 0.3) is 6.43 Å². The second kappa shape index (κ2) is 8.12. The van der Waals surface area contributed by atoms with Crippen LogP contribution in [0.25, 0.3) is 0 Å². The zero-order valence-corrected chi connectivity index (χ0v) is 9.18. The first kappa shape index (κ1) is 13.8. The average Bonchev–Trinajstić information content (AvgIpc) is 2.13. The van der Waals surface area contributed by atoms with Gasteiger partial charge in [-0.25, -0.2) is 8.78 Å². The molecule has 14 heavy (non-hydrogen) atoms. The van der Waals surface area contributed by atoms with E-state index in [9.17, 15) is 8.78 Å². The van der Waals surface area contributed by atoms with E-state index in [0.717, 1.165) is 19.4 Å². The molecule has 0 aromatic carbocycles. The fourth-order valence-electron chi connectivity index (χ4n) is 1.55. The Morgan fingerprint density at radius 1 is 1.14 bits per heavy atom. The van der Waals surface area contributed by atoms with Crippen LogP contribution in [0.1, 0.15) is 26.7 Å². The van der Waals surface area contributed by atoms with Crippen LogP contribution in [0.15, 0.2) is 0 Å². The van der Waals surface area contributed by atoms with E-state index >= 15 is 0 Å². The lowest BCUT2D eigenvalue weighted by Gasteiger charge is -2.25. The molecule has 0 aliphatic heterocycles. The molecule has 0 saturated carbocycles. The molecule has 0 rings (SSSR count). The van der Waals surface area contributed by atoms with E-state index in [-0.39, 0.29) is 6.54 Å². The summed E-state index contributed by atoms with van der Waals surface area (Å²) in [5, 5.41) is 0. The van der Waals surface area contributed by atoms with Crippen LogP contribution in [0.3, 0.4) is 0 Å². The molecule has 0 aliphatic rings. The van der Waals surface area contributed by atoms with E-state index in [2.05, 4.69) is 13.8 Å². The minimum Gasteiger partial charge on any atom is -0.329 e. The van der Waals surface area contributed by atoms with Crippen molar-refractivity contribution in [1.82, 2.24) is 4.90 Å². The van der Waals surface area contributed by atoms with E-state index in [1.807, 2.05) is 0 Å². The molecule has 0 radical (unpaired) electrons. The highest BCUT2D eigenvalue weighted by Gasteiger charge is 2.14. The van der Waals surface area contributed by atoms with Crippen molar-refractivity contribution in [3.05, 3.63) is 0 Å². The number of hydrogen-bond acceptors (Lipinski definition) is 2. The van der Waals surface area contributed by atoms with Crippen molar-refractivity contribution in [2.75, 3.05) is 26.2 Å². The van der Waals surface area contributed by atoms with Gasteiger partial charge in [-0.1, -0.05) is 26.7 Å². The third kappa shape index (κ3) is 6.27. The maximum Gasteiger partial charge on any atom is 0.251 e. The SMILES string of the molecule is CCC(CC)CN(CCN)CC(F)F. The van der Waals surface area contributed by atoms with E-state index in [1.54, 1.807) is 4.90 Å². The van der Waals surface area contributed by atoms with Gasteiger partial charge in [0.05, 0.1) is 6.54 Å². The summed E-state index contributed by atoms with van der Waals surface area (Å²) in [7, 11) is 0. The monoisotopic (exact) mass is 208 g/mol. The highest BCUT2D eigenvalue weighted by atomic mass is 19.3. The maximum atomic E-state index is 12.2. The van der Waals surface area contributed by atoms with Crippen molar-refractivity contribution < 1.29 is 8.78 Å². The quantitative estimate of drug-likeness (QED) is 0.660. The largest absolute Gasteiger partial charge is 0.329 e. The fourth-order valence-corrected chi connectivity index (χ4v) is 1.55. The number of rotatable bonds is 8. The Morgan fingerprint density at radius 3 is 2.07 bits per heavy atom. The average molecular weight is 208 g/mol. The van der Waals surface area contributed by atoms with Crippen LogP contribution in [0, 0.1) is 5.92 Å². The lowest BCUT2D eigenvalue weighted by atomic mass is 10.0. The van der Waals surface area contributed by atoms with Crippen LogP contribution in [0.4, 0.5) is 8.78 Å². The van der Waals surface area contributed by atoms with Gasteiger partial charge < -0.3 is 5.73 Å². The molecule has 0 aliphatic carbocycles. The maximum absolute atomic E-state index is 12.2. The van der Waals surface area contributed by atoms with E-state index in [0.29, 0.717) is 19.0 Å². The van der Waals surface area contributed by atoms with Gasteiger partial charge in [0, 0.05) is 19.6 Å². The zero-order valence-electron chi connectivity index (χ0n) is 9.18.